The van der Waals surface area contributed by atoms with Crippen LogP contribution in [0.3, 0.4) is 0 Å². The lowest BCUT2D eigenvalue weighted by Gasteiger charge is -2.35. The molecule has 1 aliphatic heterocycles. The van der Waals surface area contributed by atoms with Gasteiger partial charge >= 0.3 is 12.1 Å². The van der Waals surface area contributed by atoms with Gasteiger partial charge < -0.3 is 14.6 Å². The molecule has 0 saturated heterocycles. The van der Waals surface area contributed by atoms with E-state index < -0.39 is 23.7 Å². The zero-order valence-electron chi connectivity index (χ0n) is 13.3. The Morgan fingerprint density at radius 2 is 2.00 bits per heavy atom. The van der Waals surface area contributed by atoms with E-state index in [1.54, 1.807) is 40.0 Å². The number of amides is 1. The van der Waals surface area contributed by atoms with Crippen molar-refractivity contribution < 1.29 is 24.2 Å². The molecule has 0 spiro atoms. The van der Waals surface area contributed by atoms with E-state index in [1.807, 2.05) is 6.07 Å². The molecule has 0 saturated carbocycles. The van der Waals surface area contributed by atoms with E-state index in [0.29, 0.717) is 24.3 Å². The maximum absolute atomic E-state index is 12.3. The van der Waals surface area contributed by atoms with Crippen molar-refractivity contribution in [3.8, 4) is 5.75 Å². The molecule has 0 fully saturated rings. The molecule has 1 heterocycles. The molecule has 1 aliphatic rings. The summed E-state index contributed by atoms with van der Waals surface area (Å²) in [6, 6.07) is 4.18. The van der Waals surface area contributed by atoms with Crippen LogP contribution in [0.15, 0.2) is 18.2 Å². The maximum atomic E-state index is 12.3. The summed E-state index contributed by atoms with van der Waals surface area (Å²) in [5.41, 5.74) is 0.817. The number of carbonyl (C=O) groups is 2. The lowest BCUT2D eigenvalue weighted by Crippen LogP contribution is -2.45. The Morgan fingerprint density at radius 1 is 1.32 bits per heavy atom. The Bertz CT molecular complexity index is 591. The van der Waals surface area contributed by atoms with E-state index in [4.69, 9.17) is 9.47 Å². The quantitative estimate of drug-likeness (QED) is 0.909. The third-order valence-electron chi connectivity index (χ3n) is 3.44. The van der Waals surface area contributed by atoms with E-state index in [1.165, 1.54) is 4.90 Å². The van der Waals surface area contributed by atoms with Crippen molar-refractivity contribution in [1.29, 1.82) is 0 Å². The number of hydrogen-bond acceptors (Lipinski definition) is 4. The molecular weight excluding hydrogens is 286 g/mol. The molecule has 2 rings (SSSR count). The number of fused-ring (bicyclic) bond motifs is 1. The summed E-state index contributed by atoms with van der Waals surface area (Å²) in [5.74, 6) is -0.398. The van der Waals surface area contributed by atoms with E-state index in [9.17, 15) is 14.7 Å². The number of nitrogens with zero attached hydrogens (tertiary/aromatic N) is 1. The average molecular weight is 307 g/mol. The van der Waals surface area contributed by atoms with Gasteiger partial charge in [0.2, 0.25) is 0 Å². The van der Waals surface area contributed by atoms with Crippen LogP contribution in [0.4, 0.5) is 4.79 Å². The van der Waals surface area contributed by atoms with Gasteiger partial charge in [0.25, 0.3) is 0 Å². The Balaban J connectivity index is 2.34. The van der Waals surface area contributed by atoms with Gasteiger partial charge in [0.1, 0.15) is 11.4 Å². The largest absolute Gasteiger partial charge is 0.497 e. The van der Waals surface area contributed by atoms with E-state index in [2.05, 4.69) is 0 Å². The standard InChI is InChI=1S/C16H21NO5/c1-16(2,3)22-15(20)17-8-7-10-9-11(21-4)5-6-12(10)13(17)14(18)19/h5-6,9,13H,7-8H2,1-4H3,(H,18,19)/t13-/m1/s1. The fraction of sp³-hybridized carbons (Fsp3) is 0.500. The van der Waals surface area contributed by atoms with Gasteiger partial charge in [-0.25, -0.2) is 9.59 Å². The summed E-state index contributed by atoms with van der Waals surface area (Å²) in [5, 5.41) is 9.55. The number of carboxylic acid groups (broad SMARTS) is 1. The van der Waals surface area contributed by atoms with E-state index in [0.717, 1.165) is 5.56 Å². The summed E-state index contributed by atoms with van der Waals surface area (Å²) in [6.45, 7) is 5.56. The van der Waals surface area contributed by atoms with Crippen molar-refractivity contribution in [1.82, 2.24) is 4.90 Å². The van der Waals surface area contributed by atoms with Gasteiger partial charge in [-0.1, -0.05) is 6.07 Å². The fourth-order valence-electron chi connectivity index (χ4n) is 2.51. The Labute approximate surface area is 129 Å². The summed E-state index contributed by atoms with van der Waals surface area (Å²) in [4.78, 5) is 25.2. The first-order valence-corrected chi connectivity index (χ1v) is 7.12. The number of methoxy groups -OCH3 is 1. The summed E-state index contributed by atoms with van der Waals surface area (Å²) in [6.07, 6.45) is -0.0448. The van der Waals surface area contributed by atoms with Gasteiger partial charge in [-0.15, -0.1) is 0 Å². The van der Waals surface area contributed by atoms with Gasteiger partial charge in [-0.3, -0.25) is 4.90 Å². The van der Waals surface area contributed by atoms with E-state index in [-0.39, 0.29) is 0 Å². The van der Waals surface area contributed by atoms with Crippen LogP contribution in [0.2, 0.25) is 0 Å². The zero-order valence-corrected chi connectivity index (χ0v) is 13.3. The van der Waals surface area contributed by atoms with Gasteiger partial charge in [-0.05, 0) is 50.5 Å². The molecule has 0 bridgehead atoms. The number of benzene rings is 1. The highest BCUT2D eigenvalue weighted by Crippen LogP contribution is 2.33. The van der Waals surface area contributed by atoms with Crippen LogP contribution in [-0.4, -0.2) is 41.3 Å². The molecule has 1 aromatic rings. The number of carbonyl (C=O) groups excluding carboxylic acids is 1. The van der Waals surface area contributed by atoms with Crippen molar-refractivity contribution in [2.24, 2.45) is 0 Å². The van der Waals surface area contributed by atoms with Crippen molar-refractivity contribution in [3.05, 3.63) is 29.3 Å². The summed E-state index contributed by atoms with van der Waals surface area (Å²) >= 11 is 0. The predicted octanol–water partition coefficient (Wildman–Crippen LogP) is 2.61. The predicted molar refractivity (Wildman–Crippen MR) is 80.0 cm³/mol. The highest BCUT2D eigenvalue weighted by molar-refractivity contribution is 5.82. The molecule has 0 aliphatic carbocycles. The number of ether oxygens (including phenoxy) is 2. The number of carboxylic acids is 1. The fourth-order valence-corrected chi connectivity index (χ4v) is 2.51. The topological polar surface area (TPSA) is 76.1 Å². The van der Waals surface area contributed by atoms with Crippen molar-refractivity contribution in [3.63, 3.8) is 0 Å². The molecule has 0 aromatic heterocycles. The SMILES string of the molecule is COc1ccc2c(c1)CCN(C(=O)OC(C)(C)C)[C@H]2C(=O)O. The number of rotatable bonds is 2. The van der Waals surface area contributed by atoms with Crippen LogP contribution in [0, 0.1) is 0 Å². The van der Waals surface area contributed by atoms with Crippen LogP contribution in [-0.2, 0) is 16.0 Å². The second-order valence-electron chi connectivity index (χ2n) is 6.23. The zero-order chi connectivity index (χ0) is 16.5. The third kappa shape index (κ3) is 3.32. The molecular formula is C16H21NO5. The normalized spacial score (nSPS) is 17.6. The van der Waals surface area contributed by atoms with Gasteiger partial charge in [0, 0.05) is 6.54 Å². The number of aliphatic carboxylic acids is 1. The van der Waals surface area contributed by atoms with Crippen LogP contribution in [0.25, 0.3) is 0 Å². The van der Waals surface area contributed by atoms with Gasteiger partial charge in [0.15, 0.2) is 6.04 Å². The number of hydrogen-bond donors (Lipinski definition) is 1. The summed E-state index contributed by atoms with van der Waals surface area (Å²) in [7, 11) is 1.56. The minimum atomic E-state index is -1.07. The highest BCUT2D eigenvalue weighted by Gasteiger charge is 2.38. The Kier molecular flexibility index (Phi) is 4.30. The molecule has 0 unspecified atom stereocenters. The molecule has 0 radical (unpaired) electrons. The van der Waals surface area contributed by atoms with Gasteiger partial charge in [-0.2, -0.15) is 0 Å². The average Bonchev–Trinajstić information content (AvgIpc) is 2.43. The molecule has 1 amide bonds. The molecule has 6 nitrogen and oxygen atoms in total. The van der Waals surface area contributed by atoms with Crippen molar-refractivity contribution >= 4 is 12.1 Å². The first kappa shape index (κ1) is 16.1. The van der Waals surface area contributed by atoms with E-state index >= 15 is 0 Å². The molecule has 120 valence electrons. The molecule has 6 heteroatoms. The molecule has 1 aromatic carbocycles. The summed E-state index contributed by atoms with van der Waals surface area (Å²) < 4.78 is 10.5. The minimum Gasteiger partial charge on any atom is -0.497 e. The second-order valence-corrected chi connectivity index (χ2v) is 6.23. The lowest BCUT2D eigenvalue weighted by molar-refractivity contribution is -0.143. The first-order chi connectivity index (χ1) is 10.2. The smallest absolute Gasteiger partial charge is 0.411 e. The van der Waals surface area contributed by atoms with Crippen LogP contribution < -0.4 is 4.74 Å². The minimum absolute atomic E-state index is 0.298. The Morgan fingerprint density at radius 3 is 2.55 bits per heavy atom. The lowest BCUT2D eigenvalue weighted by atomic mass is 9.92. The van der Waals surface area contributed by atoms with Crippen LogP contribution in [0.5, 0.6) is 5.75 Å². The van der Waals surface area contributed by atoms with Crippen LogP contribution in [0.1, 0.15) is 37.9 Å². The third-order valence-corrected chi connectivity index (χ3v) is 3.44. The maximum Gasteiger partial charge on any atom is 0.411 e. The van der Waals surface area contributed by atoms with Gasteiger partial charge in [0.05, 0.1) is 7.11 Å². The molecule has 1 N–H and O–H groups in total. The first-order valence-electron chi connectivity index (χ1n) is 7.12. The van der Waals surface area contributed by atoms with Crippen LogP contribution >= 0.6 is 0 Å². The second kappa shape index (κ2) is 5.87. The van der Waals surface area contributed by atoms with Crippen molar-refractivity contribution in [2.75, 3.05) is 13.7 Å². The van der Waals surface area contributed by atoms with Crippen molar-refractivity contribution in [2.45, 2.75) is 38.8 Å². The monoisotopic (exact) mass is 307 g/mol. The Hall–Kier alpha value is -2.24. The molecule has 1 atom stereocenters. The highest BCUT2D eigenvalue weighted by atomic mass is 16.6. The molecule has 22 heavy (non-hydrogen) atoms.